The van der Waals surface area contributed by atoms with Gasteiger partial charge in [0.2, 0.25) is 5.95 Å². The van der Waals surface area contributed by atoms with Crippen molar-refractivity contribution in [2.45, 2.75) is 32.5 Å². The Hall–Kier alpha value is -1.90. The number of nitrogens with zero attached hydrogens (tertiary/aromatic N) is 3. The number of phosphoric ester groups is 1. The fourth-order valence-corrected chi connectivity index (χ4v) is 2.68. The van der Waals surface area contributed by atoms with E-state index in [0.717, 1.165) is 0 Å². The zero-order valence-electron chi connectivity index (χ0n) is 15.8. The summed E-state index contributed by atoms with van der Waals surface area (Å²) in [5, 5.41) is 8.56. The molecule has 3 heterocycles. The van der Waals surface area contributed by atoms with Gasteiger partial charge < -0.3 is 34.8 Å². The van der Waals surface area contributed by atoms with Gasteiger partial charge in [-0.1, -0.05) is 0 Å². The van der Waals surface area contributed by atoms with Crippen LogP contribution >= 0.6 is 7.82 Å². The number of aromatic amines is 1. The Bertz CT molecular complexity index is 909. The molecule has 3 rings (SSSR count). The summed E-state index contributed by atoms with van der Waals surface area (Å²) in [6, 6.07) is 0. The molecule has 1 fully saturated rings. The number of rotatable bonds is 7. The highest BCUT2D eigenvalue weighted by atomic mass is 31.2. The number of aliphatic hydroxyl groups is 1. The third-order valence-corrected chi connectivity index (χ3v) is 3.94. The molecule has 0 spiro atoms. The maximum absolute atomic E-state index is 11.4. The van der Waals surface area contributed by atoms with E-state index in [-0.39, 0.29) is 50.2 Å². The number of phosphoric acid groups is 1. The number of hydrogen-bond donors (Lipinski definition) is 5. The average molecular weight is 437 g/mol. The van der Waals surface area contributed by atoms with Crippen LogP contribution in [0.25, 0.3) is 11.2 Å². The molecule has 1 atom stereocenters. The molecule has 1 saturated heterocycles. The maximum Gasteiger partial charge on any atom is 0.469 e. The largest absolute Gasteiger partial charge is 0.469 e. The molecule has 0 amide bonds. The first-order chi connectivity index (χ1) is 13.5. The van der Waals surface area contributed by atoms with Gasteiger partial charge in [0.25, 0.3) is 5.56 Å². The van der Waals surface area contributed by atoms with Crippen molar-refractivity contribution in [2.24, 2.45) is 0 Å². The third-order valence-electron chi connectivity index (χ3n) is 3.46. The number of nitrogens with one attached hydrogen (secondary N) is 1. The van der Waals surface area contributed by atoms with E-state index < -0.39 is 19.7 Å². The van der Waals surface area contributed by atoms with Crippen LogP contribution in [0.5, 0.6) is 0 Å². The Labute approximate surface area is 164 Å². The molecule has 0 radical (unpaired) electrons. The van der Waals surface area contributed by atoms with Crippen LogP contribution in [0.1, 0.15) is 13.8 Å². The van der Waals surface area contributed by atoms with Gasteiger partial charge >= 0.3 is 7.82 Å². The fourth-order valence-electron chi connectivity index (χ4n) is 2.32. The zero-order chi connectivity index (χ0) is 21.7. The summed E-state index contributed by atoms with van der Waals surface area (Å²) in [7, 11) is -4.40. The van der Waals surface area contributed by atoms with Crippen LogP contribution in [0.15, 0.2) is 11.1 Å². The topological polar surface area (TPSA) is 204 Å². The molecular formula is C14H24N5O9P. The number of nitrogen functional groups attached to an aromatic ring is 1. The Morgan fingerprint density at radius 1 is 1.48 bits per heavy atom. The minimum Gasteiger partial charge on any atom is -0.394 e. The smallest absolute Gasteiger partial charge is 0.394 e. The first kappa shape index (κ1) is 23.4. The van der Waals surface area contributed by atoms with Crippen LogP contribution < -0.4 is 11.3 Å². The molecule has 0 aliphatic carbocycles. The summed E-state index contributed by atoms with van der Waals surface area (Å²) in [5.74, 6) is -0.662. The van der Waals surface area contributed by atoms with Crippen molar-refractivity contribution in [1.29, 1.82) is 0 Å². The molecule has 0 aromatic carbocycles. The molecule has 2 aromatic heterocycles. The van der Waals surface area contributed by atoms with Gasteiger partial charge in [-0.2, -0.15) is 4.98 Å². The number of aliphatic hydroxyl groups excluding tert-OH is 1. The molecule has 29 heavy (non-hydrogen) atoms. The highest BCUT2D eigenvalue weighted by molar-refractivity contribution is 7.46. The van der Waals surface area contributed by atoms with Gasteiger partial charge in [0.15, 0.2) is 17.0 Å². The van der Waals surface area contributed by atoms with E-state index >= 15 is 0 Å². The Kier molecular flexibility index (Phi) is 7.85. The molecular weight excluding hydrogens is 413 g/mol. The number of imidazole rings is 1. The molecule has 14 nitrogen and oxygen atoms in total. The lowest BCUT2D eigenvalue weighted by molar-refractivity contribution is -0.142. The van der Waals surface area contributed by atoms with E-state index in [2.05, 4.69) is 19.5 Å². The molecule has 15 heteroatoms. The normalized spacial score (nSPS) is 18.6. The summed E-state index contributed by atoms with van der Waals surface area (Å²) in [4.78, 5) is 38.4. The number of H-pyrrole nitrogens is 1. The number of fused-ring (bicyclic) bond motifs is 1. The molecule has 1 aliphatic rings. The van der Waals surface area contributed by atoms with Crippen LogP contribution in [0.3, 0.4) is 0 Å². The first-order valence-corrected chi connectivity index (χ1v) is 9.95. The highest BCUT2D eigenvalue weighted by Gasteiger charge is 2.34. The van der Waals surface area contributed by atoms with E-state index in [1.165, 1.54) is 10.9 Å². The molecule has 164 valence electrons. The molecule has 1 unspecified atom stereocenters. The standard InChI is InChI=1S/C8H11N5O3.C6H13O6P/c9-8-11-6-5(7(15)12-8)10-3-13(6)4-16-2-1-14;1-6(2)10-3-5(12-6)4-11-13(7,8)9/h3,14H,1-2,4H2,(H3,9,11,12,15);5H,3-4H2,1-2H3,(H2,7,8,9). The number of aromatic nitrogens is 4. The van der Waals surface area contributed by atoms with E-state index in [9.17, 15) is 9.36 Å². The van der Waals surface area contributed by atoms with Gasteiger partial charge in [-0.3, -0.25) is 18.9 Å². The predicted octanol–water partition coefficient (Wildman–Crippen LogP) is -1.08. The molecule has 0 saturated carbocycles. The van der Waals surface area contributed by atoms with Gasteiger partial charge in [-0.15, -0.1) is 0 Å². The molecule has 6 N–H and O–H groups in total. The van der Waals surface area contributed by atoms with Crippen molar-refractivity contribution < 1.29 is 38.2 Å². The predicted molar refractivity (Wildman–Crippen MR) is 98.5 cm³/mol. The monoisotopic (exact) mass is 437 g/mol. The van der Waals surface area contributed by atoms with Crippen molar-refractivity contribution >= 4 is 24.9 Å². The Morgan fingerprint density at radius 2 is 2.21 bits per heavy atom. The van der Waals surface area contributed by atoms with Gasteiger partial charge in [-0.05, 0) is 13.8 Å². The van der Waals surface area contributed by atoms with Gasteiger partial charge in [0.05, 0.1) is 32.8 Å². The van der Waals surface area contributed by atoms with Crippen LogP contribution in [0, 0.1) is 0 Å². The Balaban J connectivity index is 0.000000212. The number of nitrogens with two attached hydrogens (primary N) is 1. The SMILES string of the molecule is CC1(C)OCC(COP(=O)(O)O)O1.Nc1nc2c(ncn2COCCO)c(=O)[nH]1. The molecule has 0 bridgehead atoms. The highest BCUT2D eigenvalue weighted by Crippen LogP contribution is 2.36. The zero-order valence-corrected chi connectivity index (χ0v) is 16.7. The van der Waals surface area contributed by atoms with E-state index in [4.69, 9.17) is 34.8 Å². The number of hydrogen-bond acceptors (Lipinski definition) is 10. The van der Waals surface area contributed by atoms with E-state index in [1.807, 2.05) is 0 Å². The van der Waals surface area contributed by atoms with Crippen LogP contribution in [-0.2, 0) is 30.0 Å². The summed E-state index contributed by atoms with van der Waals surface area (Å²) < 4.78 is 31.6. The Morgan fingerprint density at radius 3 is 2.79 bits per heavy atom. The lowest BCUT2D eigenvalue weighted by Crippen LogP contribution is -2.23. The second-order valence-corrected chi connectivity index (χ2v) is 7.58. The summed E-state index contributed by atoms with van der Waals surface area (Å²) in [6.45, 7) is 3.88. The second-order valence-electron chi connectivity index (χ2n) is 6.34. The van der Waals surface area contributed by atoms with Gasteiger partial charge in [-0.25, -0.2) is 9.55 Å². The first-order valence-electron chi connectivity index (χ1n) is 8.42. The summed E-state index contributed by atoms with van der Waals surface area (Å²) in [5.41, 5.74) is 5.60. The third kappa shape index (κ3) is 7.45. The quantitative estimate of drug-likeness (QED) is 0.259. The minimum absolute atomic E-state index is 0.0291. The fraction of sp³-hybridized carbons (Fsp3) is 0.643. The van der Waals surface area contributed by atoms with Crippen molar-refractivity contribution in [3.63, 3.8) is 0 Å². The van der Waals surface area contributed by atoms with Crippen LogP contribution in [0.2, 0.25) is 0 Å². The molecule has 1 aliphatic heterocycles. The molecule has 2 aromatic rings. The average Bonchev–Trinajstić information content (AvgIpc) is 3.16. The van der Waals surface area contributed by atoms with E-state index in [0.29, 0.717) is 5.65 Å². The minimum atomic E-state index is -4.40. The second kappa shape index (κ2) is 9.73. The summed E-state index contributed by atoms with van der Waals surface area (Å²) in [6.07, 6.45) is 1.02. The van der Waals surface area contributed by atoms with Gasteiger partial charge in [0.1, 0.15) is 12.8 Å². The lowest BCUT2D eigenvalue weighted by atomic mass is 10.4. The number of ether oxygens (including phenoxy) is 3. The van der Waals surface area contributed by atoms with E-state index in [1.54, 1.807) is 13.8 Å². The maximum atomic E-state index is 11.4. The van der Waals surface area contributed by atoms with Gasteiger partial charge in [0, 0.05) is 0 Å². The summed E-state index contributed by atoms with van der Waals surface area (Å²) >= 11 is 0. The van der Waals surface area contributed by atoms with Crippen molar-refractivity contribution in [3.05, 3.63) is 16.7 Å². The van der Waals surface area contributed by atoms with Crippen LogP contribution in [-0.4, -0.2) is 72.7 Å². The van der Waals surface area contributed by atoms with Crippen LogP contribution in [0.4, 0.5) is 5.95 Å². The lowest BCUT2D eigenvalue weighted by Gasteiger charge is -2.17. The van der Waals surface area contributed by atoms with Crippen molar-refractivity contribution in [2.75, 3.05) is 32.2 Å². The van der Waals surface area contributed by atoms with Crippen molar-refractivity contribution in [3.8, 4) is 0 Å². The van der Waals surface area contributed by atoms with Crippen molar-refractivity contribution in [1.82, 2.24) is 19.5 Å². The number of anilines is 1.